The molecule has 34 heavy (non-hydrogen) atoms. The van der Waals surface area contributed by atoms with Crippen molar-refractivity contribution in [2.75, 3.05) is 21.0 Å². The number of fused-ring (bicyclic) bond motifs is 2. The third kappa shape index (κ3) is 5.96. The van der Waals surface area contributed by atoms with Gasteiger partial charge in [0.05, 0.1) is 13.2 Å². The molecule has 0 spiro atoms. The Morgan fingerprint density at radius 1 is 1.21 bits per heavy atom. The van der Waals surface area contributed by atoms with Gasteiger partial charge in [0.15, 0.2) is 12.6 Å². The van der Waals surface area contributed by atoms with Crippen LogP contribution in [0.1, 0.15) is 50.0 Å². The van der Waals surface area contributed by atoms with Gasteiger partial charge >= 0.3 is 5.97 Å². The van der Waals surface area contributed by atoms with Gasteiger partial charge in [0.1, 0.15) is 41.2 Å². The first kappa shape index (κ1) is 26.2. The highest BCUT2D eigenvalue weighted by atomic mass is 19.1. The molecule has 1 aromatic carbocycles. The number of ether oxygens (including phenoxy) is 6. The summed E-state index contributed by atoms with van der Waals surface area (Å²) in [6.07, 6.45) is 1.28. The summed E-state index contributed by atoms with van der Waals surface area (Å²) in [4.78, 5) is 13.2. The molecular weight excluding hydrogens is 447 g/mol. The van der Waals surface area contributed by atoms with E-state index in [9.17, 15) is 14.3 Å². The highest BCUT2D eigenvalue weighted by Gasteiger charge is 2.45. The number of methoxy groups -OCH3 is 2. The molecule has 1 fully saturated rings. The summed E-state index contributed by atoms with van der Waals surface area (Å²) >= 11 is 0. The Morgan fingerprint density at radius 3 is 2.62 bits per heavy atom. The van der Waals surface area contributed by atoms with Gasteiger partial charge in [0, 0.05) is 19.1 Å². The molecule has 0 amide bonds. The number of cyclic esters (lactones) is 1. The quantitative estimate of drug-likeness (QED) is 0.511. The number of hydrogen-bond donors (Lipinski definition) is 1. The van der Waals surface area contributed by atoms with Gasteiger partial charge in [-0.1, -0.05) is 19.1 Å². The monoisotopic (exact) mass is 480 g/mol. The number of carbonyl (C=O) groups is 1. The van der Waals surface area contributed by atoms with Gasteiger partial charge < -0.3 is 33.5 Å². The van der Waals surface area contributed by atoms with Crippen molar-refractivity contribution < 1.29 is 42.7 Å². The lowest BCUT2D eigenvalue weighted by Crippen LogP contribution is -2.36. The van der Waals surface area contributed by atoms with Crippen molar-refractivity contribution in [1.82, 2.24) is 0 Å². The van der Waals surface area contributed by atoms with Crippen LogP contribution in [0, 0.1) is 5.92 Å². The highest BCUT2D eigenvalue weighted by molar-refractivity contribution is 5.97. The molecule has 3 rings (SSSR count). The minimum absolute atomic E-state index is 0.0849. The summed E-state index contributed by atoms with van der Waals surface area (Å²) in [6, 6.07) is 3.27. The average molecular weight is 481 g/mol. The Hall–Kier alpha value is -2.46. The molecule has 1 N–H and O–H groups in total. The summed E-state index contributed by atoms with van der Waals surface area (Å²) < 4.78 is 48.4. The van der Waals surface area contributed by atoms with Gasteiger partial charge in [-0.05, 0) is 44.9 Å². The Labute approximate surface area is 199 Å². The first-order chi connectivity index (χ1) is 16.1. The average Bonchev–Trinajstić information content (AvgIpc) is 3.09. The zero-order valence-electron chi connectivity index (χ0n) is 20.4. The van der Waals surface area contributed by atoms with Gasteiger partial charge in [-0.25, -0.2) is 9.18 Å². The zero-order chi connectivity index (χ0) is 25.0. The van der Waals surface area contributed by atoms with Crippen molar-refractivity contribution >= 4 is 12.0 Å². The van der Waals surface area contributed by atoms with Crippen LogP contribution in [0.2, 0.25) is 0 Å². The van der Waals surface area contributed by atoms with E-state index in [1.807, 2.05) is 0 Å². The minimum Gasteiger partial charge on any atom is -0.497 e. The maximum absolute atomic E-state index is 15.0. The van der Waals surface area contributed by atoms with Gasteiger partial charge in [-0.3, -0.25) is 0 Å². The number of esters is 1. The molecule has 5 atom stereocenters. The van der Waals surface area contributed by atoms with E-state index < -0.39 is 47.9 Å². The van der Waals surface area contributed by atoms with E-state index in [1.54, 1.807) is 52.0 Å². The van der Waals surface area contributed by atoms with Crippen LogP contribution < -0.4 is 9.47 Å². The number of carbonyl (C=O) groups excluding carboxylic acids is 1. The fourth-order valence-electron chi connectivity index (χ4n) is 3.93. The fraction of sp³-hybridized carbons (Fsp3) is 0.560. The molecule has 2 aliphatic heterocycles. The van der Waals surface area contributed by atoms with Crippen LogP contribution in [0.4, 0.5) is 4.39 Å². The van der Waals surface area contributed by atoms with E-state index in [-0.39, 0.29) is 18.1 Å². The predicted molar refractivity (Wildman–Crippen MR) is 122 cm³/mol. The zero-order valence-corrected chi connectivity index (χ0v) is 20.4. The molecule has 8 nitrogen and oxygen atoms in total. The van der Waals surface area contributed by atoms with E-state index in [1.165, 1.54) is 20.3 Å². The van der Waals surface area contributed by atoms with Crippen molar-refractivity contribution in [2.45, 2.75) is 64.3 Å². The van der Waals surface area contributed by atoms with Crippen molar-refractivity contribution in [3.8, 4) is 11.5 Å². The maximum atomic E-state index is 15.0. The van der Waals surface area contributed by atoms with E-state index in [0.717, 1.165) is 0 Å². The van der Waals surface area contributed by atoms with Crippen LogP contribution >= 0.6 is 0 Å². The summed E-state index contributed by atoms with van der Waals surface area (Å²) in [5.41, 5.74) is 0.694. The summed E-state index contributed by atoms with van der Waals surface area (Å²) in [5.74, 6) is -2.21. The van der Waals surface area contributed by atoms with Crippen LogP contribution in [-0.2, 0) is 18.9 Å². The Kier molecular flexibility index (Phi) is 8.35. The molecular formula is C25H33FO8. The van der Waals surface area contributed by atoms with Gasteiger partial charge in [-0.2, -0.15) is 0 Å². The molecule has 0 radical (unpaired) electrons. The maximum Gasteiger partial charge on any atom is 0.342 e. The standard InChI is InChI=1S/C25H33FO8/c1-14-10-18(26)22(27)23-19(33-25(3,4)34-23)9-7-8-16-11-17(30-6)12-20(31-13-29-5)21(16)24(28)32-15(14)2/h7-8,10-12,14-15,19,22-23,27H,9,13H2,1-6H3/b8-7+,18-10+/t14-,15+,19+,22?,23+/m1/s1. The van der Waals surface area contributed by atoms with E-state index in [4.69, 9.17) is 28.4 Å². The van der Waals surface area contributed by atoms with Crippen molar-refractivity contribution in [2.24, 2.45) is 5.92 Å². The number of aliphatic hydroxyl groups excluding tert-OH is 1. The molecule has 188 valence electrons. The number of halogens is 1. The van der Waals surface area contributed by atoms with Gasteiger partial charge in [-0.15, -0.1) is 0 Å². The third-order valence-corrected chi connectivity index (χ3v) is 5.81. The third-order valence-electron chi connectivity index (χ3n) is 5.81. The van der Waals surface area contributed by atoms with E-state index >= 15 is 0 Å². The predicted octanol–water partition coefficient (Wildman–Crippen LogP) is 4.01. The SMILES string of the molecule is COCOc1cc(OC)cc2c1C(=O)O[C@@H](C)[C@H](C)/C=C(/F)C(O)[C@H]1OC(C)(C)O[C@H]1C/C=C/2. The smallest absolute Gasteiger partial charge is 0.342 e. The molecule has 0 aliphatic carbocycles. The molecule has 0 aromatic heterocycles. The molecule has 2 aliphatic rings. The van der Waals surface area contributed by atoms with Crippen LogP contribution in [-0.4, -0.2) is 62.3 Å². The molecule has 9 heteroatoms. The summed E-state index contributed by atoms with van der Waals surface area (Å²) in [5, 5.41) is 10.7. The molecule has 0 bridgehead atoms. The Balaban J connectivity index is 2.09. The van der Waals surface area contributed by atoms with Crippen molar-refractivity contribution in [3.63, 3.8) is 0 Å². The minimum atomic E-state index is -1.52. The first-order valence-corrected chi connectivity index (χ1v) is 11.2. The lowest BCUT2D eigenvalue weighted by molar-refractivity contribution is -0.153. The Bertz CT molecular complexity index is 941. The van der Waals surface area contributed by atoms with Crippen molar-refractivity contribution in [3.05, 3.63) is 41.2 Å². The molecule has 1 aromatic rings. The van der Waals surface area contributed by atoms with Crippen LogP contribution in [0.15, 0.2) is 30.1 Å². The van der Waals surface area contributed by atoms with Gasteiger partial charge in [0.25, 0.3) is 0 Å². The summed E-state index contributed by atoms with van der Waals surface area (Å²) in [7, 11) is 2.98. The van der Waals surface area contributed by atoms with Crippen LogP contribution in [0.3, 0.4) is 0 Å². The second kappa shape index (κ2) is 10.9. The molecule has 2 heterocycles. The van der Waals surface area contributed by atoms with E-state index in [2.05, 4.69) is 0 Å². The Morgan fingerprint density at radius 2 is 1.94 bits per heavy atom. The lowest BCUT2D eigenvalue weighted by Gasteiger charge is -2.24. The molecule has 0 saturated carbocycles. The summed E-state index contributed by atoms with van der Waals surface area (Å²) in [6.45, 7) is 6.69. The largest absolute Gasteiger partial charge is 0.497 e. The number of benzene rings is 1. The van der Waals surface area contributed by atoms with Gasteiger partial charge in [0.2, 0.25) is 0 Å². The first-order valence-electron chi connectivity index (χ1n) is 11.2. The fourth-order valence-corrected chi connectivity index (χ4v) is 3.93. The number of rotatable bonds is 4. The van der Waals surface area contributed by atoms with Crippen LogP contribution in [0.5, 0.6) is 11.5 Å². The van der Waals surface area contributed by atoms with Crippen LogP contribution in [0.25, 0.3) is 6.08 Å². The number of aliphatic hydroxyl groups is 1. The van der Waals surface area contributed by atoms with Crippen molar-refractivity contribution in [1.29, 1.82) is 0 Å². The second-order valence-corrected chi connectivity index (χ2v) is 8.88. The lowest BCUT2D eigenvalue weighted by atomic mass is 9.98. The second-order valence-electron chi connectivity index (χ2n) is 8.88. The van der Waals surface area contributed by atoms with E-state index in [0.29, 0.717) is 17.7 Å². The topological polar surface area (TPSA) is 92.7 Å². The normalized spacial score (nSPS) is 31.8. The molecule has 1 unspecified atom stereocenters. The molecule has 1 saturated heterocycles. The number of hydrogen-bond acceptors (Lipinski definition) is 8. The highest BCUT2D eigenvalue weighted by Crippen LogP contribution is 2.36.